The zero-order chi connectivity index (χ0) is 21.2. The number of amides is 1. The summed E-state index contributed by atoms with van der Waals surface area (Å²) in [7, 11) is -3.49. The molecule has 0 spiro atoms. The number of carbonyl (C=O) groups is 1. The Morgan fingerprint density at radius 1 is 1.07 bits per heavy atom. The van der Waals surface area contributed by atoms with Crippen molar-refractivity contribution in [2.24, 2.45) is 0 Å². The molecule has 1 rings (SSSR count). The van der Waals surface area contributed by atoms with Gasteiger partial charge in [0.1, 0.15) is 24.4 Å². The van der Waals surface area contributed by atoms with Gasteiger partial charge >= 0.3 is 7.82 Å². The van der Waals surface area contributed by atoms with E-state index in [9.17, 15) is 19.6 Å². The molecule has 28 heavy (non-hydrogen) atoms. The summed E-state index contributed by atoms with van der Waals surface area (Å²) in [6, 6.07) is -1.48. The lowest BCUT2D eigenvalue weighted by Gasteiger charge is -2.41. The van der Waals surface area contributed by atoms with Crippen molar-refractivity contribution >= 4 is 13.7 Å². The van der Waals surface area contributed by atoms with Crippen molar-refractivity contribution in [2.75, 3.05) is 46.8 Å². The van der Waals surface area contributed by atoms with Crippen LogP contribution in [0.2, 0.25) is 0 Å². The van der Waals surface area contributed by atoms with Crippen LogP contribution in [0.15, 0.2) is 0 Å². The fourth-order valence-electron chi connectivity index (χ4n) is 2.35. The second-order valence-electron chi connectivity index (χ2n) is 5.86. The highest BCUT2D eigenvalue weighted by molar-refractivity contribution is 7.46. The third-order valence-electron chi connectivity index (χ3n) is 3.73. The Hall–Kier alpha value is -0.700. The van der Waals surface area contributed by atoms with Crippen molar-refractivity contribution in [3.8, 4) is 0 Å². The standard InChI is InChI=1S/C14H28NO12P/c1-23-4-5-25-7-6-24-3-2-10(17)15-11-13(19)12(18)9(8-16)26-14(11)27-28(20,21)22/h9,11-14,16,18-19H,2-8H2,1H3,(H,15,17)(H2,20,21,22)/t9?,11-,12-,13?,14+/m0/s1. The van der Waals surface area contributed by atoms with Crippen molar-refractivity contribution < 1.29 is 57.9 Å². The molecule has 1 saturated heterocycles. The number of methoxy groups -OCH3 is 1. The van der Waals surface area contributed by atoms with Crippen LogP contribution in [0.4, 0.5) is 0 Å². The van der Waals surface area contributed by atoms with E-state index in [4.69, 9.17) is 33.8 Å². The van der Waals surface area contributed by atoms with Crippen molar-refractivity contribution in [3.63, 3.8) is 0 Å². The van der Waals surface area contributed by atoms with Gasteiger partial charge in [0.15, 0.2) is 6.29 Å². The fourth-order valence-corrected chi connectivity index (χ4v) is 2.80. The quantitative estimate of drug-likeness (QED) is 0.128. The van der Waals surface area contributed by atoms with E-state index in [-0.39, 0.29) is 19.6 Å². The molecule has 14 heteroatoms. The second-order valence-corrected chi connectivity index (χ2v) is 7.06. The molecule has 0 radical (unpaired) electrons. The average molecular weight is 433 g/mol. The van der Waals surface area contributed by atoms with Crippen molar-refractivity contribution in [3.05, 3.63) is 0 Å². The Bertz CT molecular complexity index is 503. The highest BCUT2D eigenvalue weighted by Crippen LogP contribution is 2.40. The summed E-state index contributed by atoms with van der Waals surface area (Å²) in [5.74, 6) is -0.637. The lowest BCUT2D eigenvalue weighted by Crippen LogP contribution is -2.64. The monoisotopic (exact) mass is 433 g/mol. The first-order valence-electron chi connectivity index (χ1n) is 8.49. The number of carbonyl (C=O) groups excluding carboxylic acids is 1. The number of rotatable bonds is 13. The lowest BCUT2D eigenvalue weighted by molar-refractivity contribution is -0.248. The molecule has 0 aromatic carbocycles. The van der Waals surface area contributed by atoms with E-state index in [1.165, 1.54) is 0 Å². The van der Waals surface area contributed by atoms with E-state index in [0.717, 1.165) is 0 Å². The van der Waals surface area contributed by atoms with Gasteiger partial charge in [-0.05, 0) is 0 Å². The van der Waals surface area contributed by atoms with Crippen LogP contribution in [0.3, 0.4) is 0 Å². The molecule has 5 atom stereocenters. The van der Waals surface area contributed by atoms with Crippen molar-refractivity contribution in [1.29, 1.82) is 0 Å². The minimum absolute atomic E-state index is 0.0228. The van der Waals surface area contributed by atoms with Crippen LogP contribution in [0.1, 0.15) is 6.42 Å². The van der Waals surface area contributed by atoms with Gasteiger partial charge in [0, 0.05) is 13.5 Å². The summed E-state index contributed by atoms with van der Waals surface area (Å²) in [5, 5.41) is 31.4. The Labute approximate surface area is 161 Å². The predicted molar refractivity (Wildman–Crippen MR) is 91.0 cm³/mol. The normalized spacial score (nSPS) is 28.3. The molecule has 0 saturated carbocycles. The molecule has 0 aromatic rings. The zero-order valence-corrected chi connectivity index (χ0v) is 16.3. The number of ether oxygens (including phenoxy) is 4. The number of phosphoric acid groups is 1. The summed E-state index contributed by atoms with van der Waals surface area (Å²) >= 11 is 0. The van der Waals surface area contributed by atoms with Crippen LogP contribution in [0.25, 0.3) is 0 Å². The van der Waals surface area contributed by atoms with Crippen molar-refractivity contribution in [2.45, 2.75) is 37.1 Å². The number of hydrogen-bond acceptors (Lipinski definition) is 10. The van der Waals surface area contributed by atoms with Crippen molar-refractivity contribution in [1.82, 2.24) is 5.32 Å². The SMILES string of the molecule is COCCOCCOCCC(=O)N[C@H]1C(O)[C@@H](O)C(CO)O[C@@H]1OP(=O)(O)O. The Kier molecular flexibility index (Phi) is 11.6. The Morgan fingerprint density at radius 3 is 2.25 bits per heavy atom. The molecule has 13 nitrogen and oxygen atoms in total. The molecule has 1 aliphatic heterocycles. The first-order chi connectivity index (χ1) is 13.2. The third kappa shape index (κ3) is 9.20. The molecule has 1 aliphatic rings. The van der Waals surface area contributed by atoms with E-state index in [2.05, 4.69) is 9.84 Å². The first kappa shape index (κ1) is 25.3. The average Bonchev–Trinajstić information content (AvgIpc) is 2.62. The molecular formula is C14H28NO12P. The van der Waals surface area contributed by atoms with Gasteiger partial charge in [0.25, 0.3) is 0 Å². The van der Waals surface area contributed by atoms with Gasteiger partial charge in [0.05, 0.1) is 39.6 Å². The third-order valence-corrected chi connectivity index (χ3v) is 4.21. The fraction of sp³-hybridized carbons (Fsp3) is 0.929. The van der Waals surface area contributed by atoms with Crippen LogP contribution in [-0.4, -0.2) is 108 Å². The molecule has 166 valence electrons. The van der Waals surface area contributed by atoms with Gasteiger partial charge in [-0.1, -0.05) is 0 Å². The van der Waals surface area contributed by atoms with E-state index >= 15 is 0 Å². The smallest absolute Gasteiger partial charge is 0.394 e. The van der Waals surface area contributed by atoms with Crippen LogP contribution in [0.5, 0.6) is 0 Å². The van der Waals surface area contributed by atoms with Gasteiger partial charge in [0.2, 0.25) is 5.91 Å². The predicted octanol–water partition coefficient (Wildman–Crippen LogP) is -2.91. The molecule has 0 aliphatic carbocycles. The highest BCUT2D eigenvalue weighted by atomic mass is 31.2. The summed E-state index contributed by atoms with van der Waals surface area (Å²) in [5.41, 5.74) is 0. The maximum absolute atomic E-state index is 12.0. The minimum atomic E-state index is -5.04. The lowest BCUT2D eigenvalue weighted by atomic mass is 9.97. The summed E-state index contributed by atoms with van der Waals surface area (Å²) in [6.07, 6.45) is -6.56. The van der Waals surface area contributed by atoms with E-state index in [0.29, 0.717) is 19.8 Å². The summed E-state index contributed by atoms with van der Waals surface area (Å²) in [6.45, 7) is 0.711. The van der Waals surface area contributed by atoms with Gasteiger partial charge < -0.3 is 49.4 Å². The molecule has 1 fully saturated rings. The number of aliphatic hydroxyl groups is 3. The highest BCUT2D eigenvalue weighted by Gasteiger charge is 2.47. The zero-order valence-electron chi connectivity index (χ0n) is 15.4. The number of aliphatic hydroxyl groups excluding tert-OH is 3. The van der Waals surface area contributed by atoms with Gasteiger partial charge in [-0.15, -0.1) is 0 Å². The molecule has 2 unspecified atom stereocenters. The van der Waals surface area contributed by atoms with Gasteiger partial charge in [-0.25, -0.2) is 4.57 Å². The second kappa shape index (κ2) is 12.8. The maximum atomic E-state index is 12.0. The molecular weight excluding hydrogens is 405 g/mol. The van der Waals surface area contributed by atoms with Crippen LogP contribution < -0.4 is 5.32 Å². The Balaban J connectivity index is 2.48. The topological polar surface area (TPSA) is 193 Å². The molecule has 1 amide bonds. The molecule has 0 aromatic heterocycles. The van der Waals surface area contributed by atoms with E-state index in [1.807, 2.05) is 0 Å². The van der Waals surface area contributed by atoms with Crippen LogP contribution in [0, 0.1) is 0 Å². The number of phosphoric ester groups is 1. The summed E-state index contributed by atoms with van der Waals surface area (Å²) in [4.78, 5) is 29.9. The van der Waals surface area contributed by atoms with Gasteiger partial charge in [-0.2, -0.15) is 0 Å². The number of nitrogens with one attached hydrogen (secondary N) is 1. The van der Waals surface area contributed by atoms with Gasteiger partial charge in [-0.3, -0.25) is 9.32 Å². The van der Waals surface area contributed by atoms with Crippen LogP contribution in [-0.2, 0) is 32.8 Å². The maximum Gasteiger partial charge on any atom is 0.472 e. The summed E-state index contributed by atoms with van der Waals surface area (Å²) < 4.78 is 35.7. The van der Waals surface area contributed by atoms with E-state index in [1.54, 1.807) is 7.11 Å². The molecule has 6 N–H and O–H groups in total. The molecule has 0 bridgehead atoms. The molecule has 1 heterocycles. The van der Waals surface area contributed by atoms with E-state index < -0.39 is 51.0 Å². The number of hydrogen-bond donors (Lipinski definition) is 6. The minimum Gasteiger partial charge on any atom is -0.394 e. The largest absolute Gasteiger partial charge is 0.472 e. The van der Waals surface area contributed by atoms with Crippen LogP contribution >= 0.6 is 7.82 Å². The first-order valence-corrected chi connectivity index (χ1v) is 10.0. The Morgan fingerprint density at radius 2 is 1.68 bits per heavy atom.